The number of aromatic nitrogens is 2. The third-order valence-electron chi connectivity index (χ3n) is 4.45. The van der Waals surface area contributed by atoms with Crippen molar-refractivity contribution in [1.29, 1.82) is 0 Å². The number of urea groups is 1. The van der Waals surface area contributed by atoms with Crippen molar-refractivity contribution in [2.75, 3.05) is 33.9 Å². The molecule has 3 N–H and O–H groups in total. The molecule has 0 radical (unpaired) electrons. The molecule has 0 aliphatic rings. The number of hydrogen-bond acceptors (Lipinski definition) is 5. The van der Waals surface area contributed by atoms with Crippen molar-refractivity contribution in [3.63, 3.8) is 0 Å². The minimum absolute atomic E-state index is 0.119. The molecule has 156 valence electrons. The van der Waals surface area contributed by atoms with E-state index in [0.29, 0.717) is 11.6 Å². The van der Waals surface area contributed by atoms with Gasteiger partial charge in [-0.1, -0.05) is 12.1 Å². The molecule has 1 aromatic heterocycles. The molecular formula is C22H25FN6O. The second kappa shape index (κ2) is 9.69. The summed E-state index contributed by atoms with van der Waals surface area (Å²) in [5.41, 5.74) is 2.35. The van der Waals surface area contributed by atoms with Crippen molar-refractivity contribution in [2.24, 2.45) is 0 Å². The number of anilines is 5. The fourth-order valence-corrected chi connectivity index (χ4v) is 2.93. The Bertz CT molecular complexity index is 1000. The Morgan fingerprint density at radius 3 is 2.30 bits per heavy atom. The molecule has 30 heavy (non-hydrogen) atoms. The highest BCUT2D eigenvalue weighted by Gasteiger charge is 2.09. The number of nitrogens with one attached hydrogen (secondary N) is 3. The Hall–Kier alpha value is -3.68. The van der Waals surface area contributed by atoms with Gasteiger partial charge in [0.2, 0.25) is 5.95 Å². The van der Waals surface area contributed by atoms with Gasteiger partial charge in [0.05, 0.1) is 5.69 Å². The van der Waals surface area contributed by atoms with Gasteiger partial charge in [-0.05, 0) is 57.2 Å². The van der Waals surface area contributed by atoms with Gasteiger partial charge in [0, 0.05) is 36.2 Å². The summed E-state index contributed by atoms with van der Waals surface area (Å²) in [5, 5.41) is 8.35. The molecule has 3 rings (SSSR count). The summed E-state index contributed by atoms with van der Waals surface area (Å²) >= 11 is 0. The quantitative estimate of drug-likeness (QED) is 0.503. The maximum Gasteiger partial charge on any atom is 0.323 e. The first kappa shape index (κ1) is 21.0. The molecule has 1 heterocycles. The minimum atomic E-state index is -0.522. The van der Waals surface area contributed by atoms with Crippen molar-refractivity contribution in [3.8, 4) is 0 Å². The molecule has 2 aromatic carbocycles. The molecule has 0 fully saturated rings. The van der Waals surface area contributed by atoms with Gasteiger partial charge in [0.25, 0.3) is 0 Å². The SMILES string of the molecule is CCN(CC)c1cc(C)nc(Nc2ccc(NC(=O)Nc3ccccc3F)cc2)n1. The van der Waals surface area contributed by atoms with E-state index in [2.05, 4.69) is 44.7 Å². The number of amides is 2. The van der Waals surface area contributed by atoms with Crippen LogP contribution in [0.4, 0.5) is 38.0 Å². The first-order valence-electron chi connectivity index (χ1n) is 9.78. The van der Waals surface area contributed by atoms with Crippen LogP contribution in [0.1, 0.15) is 19.5 Å². The molecular weight excluding hydrogens is 383 g/mol. The number of aryl methyl sites for hydroxylation is 1. The van der Waals surface area contributed by atoms with Gasteiger partial charge < -0.3 is 20.9 Å². The number of nitrogens with zero attached hydrogens (tertiary/aromatic N) is 3. The van der Waals surface area contributed by atoms with Gasteiger partial charge in [0.1, 0.15) is 11.6 Å². The largest absolute Gasteiger partial charge is 0.357 e. The van der Waals surface area contributed by atoms with Crippen LogP contribution >= 0.6 is 0 Å². The number of para-hydroxylation sites is 1. The van der Waals surface area contributed by atoms with E-state index in [1.807, 2.05) is 25.1 Å². The maximum atomic E-state index is 13.6. The summed E-state index contributed by atoms with van der Waals surface area (Å²) in [6, 6.07) is 14.5. The lowest BCUT2D eigenvalue weighted by molar-refractivity contribution is 0.262. The number of rotatable bonds is 7. The van der Waals surface area contributed by atoms with E-state index in [9.17, 15) is 9.18 Å². The summed E-state index contributed by atoms with van der Waals surface area (Å²) in [6.45, 7) is 7.83. The molecule has 0 atom stereocenters. The van der Waals surface area contributed by atoms with Crippen molar-refractivity contribution in [1.82, 2.24) is 9.97 Å². The van der Waals surface area contributed by atoms with Gasteiger partial charge in [-0.2, -0.15) is 4.98 Å². The maximum absolute atomic E-state index is 13.6. The minimum Gasteiger partial charge on any atom is -0.357 e. The van der Waals surface area contributed by atoms with Gasteiger partial charge in [0.15, 0.2) is 0 Å². The number of carbonyl (C=O) groups is 1. The van der Waals surface area contributed by atoms with Crippen LogP contribution in [0, 0.1) is 12.7 Å². The zero-order valence-corrected chi connectivity index (χ0v) is 17.2. The predicted octanol–water partition coefficient (Wildman–Crippen LogP) is 5.16. The number of carbonyl (C=O) groups excluding carboxylic acids is 1. The third-order valence-corrected chi connectivity index (χ3v) is 4.45. The smallest absolute Gasteiger partial charge is 0.323 e. The number of halogens is 1. The molecule has 0 aliphatic carbocycles. The summed E-state index contributed by atoms with van der Waals surface area (Å²) in [4.78, 5) is 23.3. The van der Waals surface area contributed by atoms with Crippen molar-refractivity contribution in [3.05, 3.63) is 66.1 Å². The first-order valence-corrected chi connectivity index (χ1v) is 9.78. The normalized spacial score (nSPS) is 10.4. The van der Waals surface area contributed by atoms with Gasteiger partial charge >= 0.3 is 6.03 Å². The van der Waals surface area contributed by atoms with E-state index < -0.39 is 11.8 Å². The first-order chi connectivity index (χ1) is 14.5. The highest BCUT2D eigenvalue weighted by atomic mass is 19.1. The van der Waals surface area contributed by atoms with Crippen LogP contribution in [0.5, 0.6) is 0 Å². The van der Waals surface area contributed by atoms with E-state index >= 15 is 0 Å². The predicted molar refractivity (Wildman–Crippen MR) is 119 cm³/mol. The lowest BCUT2D eigenvalue weighted by Crippen LogP contribution is -2.23. The number of hydrogen-bond donors (Lipinski definition) is 3. The Kier molecular flexibility index (Phi) is 6.79. The van der Waals surface area contributed by atoms with Crippen LogP contribution in [-0.4, -0.2) is 29.1 Å². The Labute approximate surface area is 175 Å². The second-order valence-electron chi connectivity index (χ2n) is 6.62. The standard InChI is InChI=1S/C22H25FN6O/c1-4-29(5-2)20-14-15(3)24-21(28-20)25-16-10-12-17(13-11-16)26-22(30)27-19-9-7-6-8-18(19)23/h6-14H,4-5H2,1-3H3,(H,24,25,28)(H2,26,27,30). The molecule has 7 nitrogen and oxygen atoms in total. The molecule has 0 unspecified atom stereocenters. The Balaban J connectivity index is 1.65. The van der Waals surface area contributed by atoms with Gasteiger partial charge in [-0.3, -0.25) is 0 Å². The zero-order valence-electron chi connectivity index (χ0n) is 17.2. The van der Waals surface area contributed by atoms with Crippen molar-refractivity contribution in [2.45, 2.75) is 20.8 Å². The van der Waals surface area contributed by atoms with Crippen LogP contribution < -0.4 is 20.9 Å². The fraction of sp³-hybridized carbons (Fsp3) is 0.227. The summed E-state index contributed by atoms with van der Waals surface area (Å²) in [6.07, 6.45) is 0. The topological polar surface area (TPSA) is 82.2 Å². The second-order valence-corrected chi connectivity index (χ2v) is 6.62. The van der Waals surface area contributed by atoms with Crippen LogP contribution in [0.2, 0.25) is 0 Å². The van der Waals surface area contributed by atoms with Gasteiger partial charge in [-0.25, -0.2) is 14.2 Å². The number of benzene rings is 2. The molecule has 0 saturated heterocycles. The highest BCUT2D eigenvalue weighted by molar-refractivity contribution is 5.99. The monoisotopic (exact) mass is 408 g/mol. The lowest BCUT2D eigenvalue weighted by atomic mass is 10.3. The average molecular weight is 408 g/mol. The van der Waals surface area contributed by atoms with Gasteiger partial charge in [-0.15, -0.1) is 0 Å². The van der Waals surface area contributed by atoms with Crippen molar-refractivity contribution >= 4 is 34.9 Å². The summed E-state index contributed by atoms with van der Waals surface area (Å²) < 4.78 is 13.6. The third kappa shape index (κ3) is 5.44. The van der Waals surface area contributed by atoms with Crippen LogP contribution in [0.25, 0.3) is 0 Å². The zero-order chi connectivity index (χ0) is 21.5. The van der Waals surface area contributed by atoms with E-state index in [-0.39, 0.29) is 5.69 Å². The summed E-state index contributed by atoms with van der Waals surface area (Å²) in [7, 11) is 0. The van der Waals surface area contributed by atoms with E-state index in [0.717, 1.165) is 30.3 Å². The van der Waals surface area contributed by atoms with E-state index in [4.69, 9.17) is 0 Å². The lowest BCUT2D eigenvalue weighted by Gasteiger charge is -2.20. The van der Waals surface area contributed by atoms with Crippen LogP contribution in [0.3, 0.4) is 0 Å². The highest BCUT2D eigenvalue weighted by Crippen LogP contribution is 2.20. The van der Waals surface area contributed by atoms with Crippen LogP contribution in [-0.2, 0) is 0 Å². The van der Waals surface area contributed by atoms with Crippen LogP contribution in [0.15, 0.2) is 54.6 Å². The van der Waals surface area contributed by atoms with Crippen molar-refractivity contribution < 1.29 is 9.18 Å². The molecule has 3 aromatic rings. The Morgan fingerprint density at radius 2 is 1.63 bits per heavy atom. The Morgan fingerprint density at radius 1 is 0.967 bits per heavy atom. The van der Waals surface area contributed by atoms with E-state index in [1.54, 1.807) is 24.3 Å². The summed E-state index contributed by atoms with van der Waals surface area (Å²) in [5.74, 6) is 0.891. The molecule has 8 heteroatoms. The molecule has 2 amide bonds. The molecule has 0 saturated carbocycles. The average Bonchev–Trinajstić information content (AvgIpc) is 2.72. The van der Waals surface area contributed by atoms with E-state index in [1.165, 1.54) is 12.1 Å². The molecule has 0 spiro atoms. The molecule has 0 aliphatic heterocycles. The molecule has 0 bridgehead atoms. The fourth-order valence-electron chi connectivity index (χ4n) is 2.93.